The molecule has 0 aliphatic carbocycles. The summed E-state index contributed by atoms with van der Waals surface area (Å²) in [6, 6.07) is 24.4. The summed E-state index contributed by atoms with van der Waals surface area (Å²) in [7, 11) is 0. The lowest BCUT2D eigenvalue weighted by Crippen LogP contribution is -2.19. The third-order valence-corrected chi connectivity index (χ3v) is 5.59. The summed E-state index contributed by atoms with van der Waals surface area (Å²) in [4.78, 5) is 16.7. The van der Waals surface area contributed by atoms with Crippen LogP contribution in [0.3, 0.4) is 0 Å². The lowest BCUT2D eigenvalue weighted by Gasteiger charge is -2.06. The number of rotatable bonds is 7. The van der Waals surface area contributed by atoms with Crippen LogP contribution < -0.4 is 9.54 Å². The molecule has 1 heterocycles. The maximum atomic E-state index is 11.1. The van der Waals surface area contributed by atoms with Gasteiger partial charge in [-0.25, -0.2) is 9.48 Å². The van der Waals surface area contributed by atoms with Crippen molar-refractivity contribution < 1.29 is 14.6 Å². The second-order valence-corrected chi connectivity index (χ2v) is 8.47. The SMILES string of the molecule is CC(C)N=c1sc(-c2cccc(Oc3ccccc3)c2)nn1Cc1ccc(C(=O)O)cc1. The number of hydrogen-bond acceptors (Lipinski definition) is 5. The van der Waals surface area contributed by atoms with Crippen LogP contribution in [-0.2, 0) is 6.54 Å². The molecular formula is C25H23N3O3S. The molecule has 162 valence electrons. The van der Waals surface area contributed by atoms with Crippen molar-refractivity contribution in [1.82, 2.24) is 9.78 Å². The smallest absolute Gasteiger partial charge is 0.335 e. The van der Waals surface area contributed by atoms with Gasteiger partial charge in [0.15, 0.2) is 0 Å². The van der Waals surface area contributed by atoms with Gasteiger partial charge in [0, 0.05) is 11.6 Å². The predicted molar refractivity (Wildman–Crippen MR) is 125 cm³/mol. The van der Waals surface area contributed by atoms with Gasteiger partial charge >= 0.3 is 5.97 Å². The summed E-state index contributed by atoms with van der Waals surface area (Å²) < 4.78 is 7.83. The molecule has 0 spiro atoms. The number of carboxylic acid groups (broad SMARTS) is 1. The zero-order valence-electron chi connectivity index (χ0n) is 17.8. The second kappa shape index (κ2) is 9.62. The number of ether oxygens (including phenoxy) is 1. The van der Waals surface area contributed by atoms with Crippen LogP contribution in [0.4, 0.5) is 0 Å². The Bertz CT molecular complexity index is 1280. The molecule has 0 aliphatic heterocycles. The van der Waals surface area contributed by atoms with Gasteiger partial charge in [-0.3, -0.25) is 4.99 Å². The van der Waals surface area contributed by atoms with Crippen LogP contribution in [0.15, 0.2) is 83.9 Å². The topological polar surface area (TPSA) is 76.7 Å². The number of hydrogen-bond donors (Lipinski definition) is 1. The lowest BCUT2D eigenvalue weighted by atomic mass is 10.1. The molecule has 0 aliphatic rings. The minimum absolute atomic E-state index is 0.122. The van der Waals surface area contributed by atoms with Gasteiger partial charge in [0.2, 0.25) is 4.80 Å². The molecule has 0 radical (unpaired) electrons. The average molecular weight is 446 g/mol. The first-order valence-corrected chi connectivity index (χ1v) is 11.1. The summed E-state index contributed by atoms with van der Waals surface area (Å²) in [5.41, 5.74) is 2.17. The molecule has 7 heteroatoms. The third-order valence-electron chi connectivity index (χ3n) is 4.58. The van der Waals surface area contributed by atoms with Crippen molar-refractivity contribution in [3.05, 3.63) is 94.8 Å². The van der Waals surface area contributed by atoms with E-state index in [4.69, 9.17) is 19.9 Å². The van der Waals surface area contributed by atoms with E-state index in [1.54, 1.807) is 12.1 Å². The molecule has 0 unspecified atom stereocenters. The van der Waals surface area contributed by atoms with Crippen LogP contribution in [0.1, 0.15) is 29.8 Å². The Balaban J connectivity index is 1.65. The fourth-order valence-corrected chi connectivity index (χ4v) is 4.12. The van der Waals surface area contributed by atoms with Crippen molar-refractivity contribution in [2.45, 2.75) is 26.4 Å². The fraction of sp³-hybridized carbons (Fsp3) is 0.160. The van der Waals surface area contributed by atoms with E-state index in [1.165, 1.54) is 11.3 Å². The maximum absolute atomic E-state index is 11.1. The number of carboxylic acids is 1. The van der Waals surface area contributed by atoms with Gasteiger partial charge in [-0.15, -0.1) is 0 Å². The van der Waals surface area contributed by atoms with Crippen molar-refractivity contribution in [2.75, 3.05) is 0 Å². The quantitative estimate of drug-likeness (QED) is 0.410. The molecule has 0 saturated heterocycles. The van der Waals surface area contributed by atoms with Gasteiger partial charge in [-0.1, -0.05) is 53.8 Å². The Labute approximate surface area is 190 Å². The van der Waals surface area contributed by atoms with Crippen LogP contribution in [-0.4, -0.2) is 26.9 Å². The first-order chi connectivity index (χ1) is 15.5. The molecule has 0 saturated carbocycles. The normalized spacial score (nSPS) is 11.7. The summed E-state index contributed by atoms with van der Waals surface area (Å²) in [5.74, 6) is 0.578. The van der Waals surface area contributed by atoms with Crippen molar-refractivity contribution >= 4 is 17.3 Å². The number of aromatic nitrogens is 2. The van der Waals surface area contributed by atoms with Gasteiger partial charge in [0.05, 0.1) is 12.1 Å². The van der Waals surface area contributed by atoms with Gasteiger partial charge in [0.1, 0.15) is 16.5 Å². The third kappa shape index (κ3) is 5.31. The van der Waals surface area contributed by atoms with E-state index in [0.29, 0.717) is 6.54 Å². The van der Waals surface area contributed by atoms with Gasteiger partial charge in [-0.2, -0.15) is 5.10 Å². The van der Waals surface area contributed by atoms with Crippen molar-refractivity contribution in [3.63, 3.8) is 0 Å². The Morgan fingerprint density at radius 3 is 2.44 bits per heavy atom. The van der Waals surface area contributed by atoms with Crippen LogP contribution in [0.25, 0.3) is 10.6 Å². The number of aromatic carboxylic acids is 1. The number of nitrogens with zero attached hydrogens (tertiary/aromatic N) is 3. The molecule has 3 aromatic carbocycles. The second-order valence-electron chi connectivity index (χ2n) is 7.52. The number of benzene rings is 3. The van der Waals surface area contributed by atoms with Gasteiger partial charge in [-0.05, 0) is 55.8 Å². The van der Waals surface area contributed by atoms with Crippen LogP contribution in [0.2, 0.25) is 0 Å². The van der Waals surface area contributed by atoms with Crippen LogP contribution >= 0.6 is 11.3 Å². The van der Waals surface area contributed by atoms with Gasteiger partial charge < -0.3 is 9.84 Å². The summed E-state index contributed by atoms with van der Waals surface area (Å²) in [6.07, 6.45) is 0. The number of carbonyl (C=O) groups is 1. The van der Waals surface area contributed by atoms with E-state index in [9.17, 15) is 4.79 Å². The molecule has 32 heavy (non-hydrogen) atoms. The van der Waals surface area contributed by atoms with Gasteiger partial charge in [0.25, 0.3) is 0 Å². The van der Waals surface area contributed by atoms with E-state index >= 15 is 0 Å². The summed E-state index contributed by atoms with van der Waals surface area (Å²) in [6.45, 7) is 4.56. The van der Waals surface area contributed by atoms with E-state index in [2.05, 4.69) is 0 Å². The molecule has 4 rings (SSSR count). The minimum Gasteiger partial charge on any atom is -0.478 e. The zero-order chi connectivity index (χ0) is 22.5. The molecule has 0 fully saturated rings. The Morgan fingerprint density at radius 1 is 1.03 bits per heavy atom. The Morgan fingerprint density at radius 2 is 1.75 bits per heavy atom. The van der Waals surface area contributed by atoms with Crippen molar-refractivity contribution in [2.24, 2.45) is 4.99 Å². The Kier molecular flexibility index (Phi) is 6.47. The molecular weight excluding hydrogens is 422 g/mol. The summed E-state index contributed by atoms with van der Waals surface area (Å²) >= 11 is 1.52. The minimum atomic E-state index is -0.937. The molecule has 4 aromatic rings. The molecule has 6 nitrogen and oxygen atoms in total. The largest absolute Gasteiger partial charge is 0.478 e. The van der Waals surface area contributed by atoms with Crippen molar-refractivity contribution in [3.8, 4) is 22.1 Å². The number of para-hydroxylation sites is 1. The highest BCUT2D eigenvalue weighted by Gasteiger charge is 2.11. The zero-order valence-corrected chi connectivity index (χ0v) is 18.6. The molecule has 0 bridgehead atoms. The van der Waals surface area contributed by atoms with E-state index in [0.717, 1.165) is 32.4 Å². The maximum Gasteiger partial charge on any atom is 0.335 e. The monoisotopic (exact) mass is 445 g/mol. The fourth-order valence-electron chi connectivity index (χ4n) is 3.09. The average Bonchev–Trinajstić information content (AvgIpc) is 3.16. The predicted octanol–water partition coefficient (Wildman–Crippen LogP) is 5.46. The van der Waals surface area contributed by atoms with Crippen LogP contribution in [0.5, 0.6) is 11.5 Å². The van der Waals surface area contributed by atoms with E-state index in [-0.39, 0.29) is 11.6 Å². The lowest BCUT2D eigenvalue weighted by molar-refractivity contribution is 0.0697. The molecule has 0 atom stereocenters. The highest BCUT2D eigenvalue weighted by molar-refractivity contribution is 7.12. The summed E-state index contributed by atoms with van der Waals surface area (Å²) in [5, 5.41) is 14.8. The molecule has 1 aromatic heterocycles. The standard InChI is InChI=1S/C25H23N3O3S/c1-17(2)26-25-28(16-18-11-13-19(14-12-18)24(29)30)27-23(32-25)20-7-6-10-22(15-20)31-21-8-4-3-5-9-21/h3-15,17H,16H2,1-2H3,(H,29,30). The van der Waals surface area contributed by atoms with E-state index < -0.39 is 5.97 Å². The Hall–Kier alpha value is -3.71. The molecule has 0 amide bonds. The first kappa shape index (κ1) is 21.5. The first-order valence-electron chi connectivity index (χ1n) is 10.3. The van der Waals surface area contributed by atoms with Crippen molar-refractivity contribution in [1.29, 1.82) is 0 Å². The molecule has 1 N–H and O–H groups in total. The van der Waals surface area contributed by atoms with E-state index in [1.807, 2.05) is 85.3 Å². The highest BCUT2D eigenvalue weighted by Crippen LogP contribution is 2.27. The van der Waals surface area contributed by atoms with Crippen LogP contribution in [0, 0.1) is 0 Å². The highest BCUT2D eigenvalue weighted by atomic mass is 32.1.